The highest BCUT2D eigenvalue weighted by molar-refractivity contribution is 6.36. The molecule has 4 heteroatoms. The highest BCUT2D eigenvalue weighted by Gasteiger charge is 1.88. The third-order valence-electron chi connectivity index (χ3n) is 0.625. The van der Waals surface area contributed by atoms with Crippen LogP contribution in [-0.2, 0) is 0 Å². The summed E-state index contributed by atoms with van der Waals surface area (Å²) in [6.45, 7) is 3.46. The van der Waals surface area contributed by atoms with Crippen LogP contribution in [0.3, 0.4) is 0 Å². The standard InChI is InChI=1S/C4H9NO2Si/c1-2-3-8-5-4(6)7/h2,5H,1,3,8H2,(H,6,7). The highest BCUT2D eigenvalue weighted by Crippen LogP contribution is 1.72. The molecule has 0 aromatic rings. The average molecular weight is 131 g/mol. The molecule has 0 fully saturated rings. The first-order valence-corrected chi connectivity index (χ1v) is 4.05. The molecule has 0 aliphatic heterocycles. The van der Waals surface area contributed by atoms with Gasteiger partial charge in [-0.3, -0.25) is 0 Å². The second-order valence-corrected chi connectivity index (χ2v) is 2.74. The summed E-state index contributed by atoms with van der Waals surface area (Å²) < 4.78 is 0. The van der Waals surface area contributed by atoms with Crippen molar-refractivity contribution in [1.82, 2.24) is 4.98 Å². The maximum atomic E-state index is 9.76. The van der Waals surface area contributed by atoms with Crippen LogP contribution in [0.5, 0.6) is 0 Å². The van der Waals surface area contributed by atoms with E-state index in [2.05, 4.69) is 11.6 Å². The minimum Gasteiger partial charge on any atom is -0.466 e. The SMILES string of the molecule is C=CC[SiH2]NC(=O)O. The predicted molar refractivity (Wildman–Crippen MR) is 34.7 cm³/mol. The van der Waals surface area contributed by atoms with Gasteiger partial charge in [0.2, 0.25) is 0 Å². The van der Waals surface area contributed by atoms with Gasteiger partial charge < -0.3 is 10.1 Å². The number of amides is 1. The van der Waals surface area contributed by atoms with Gasteiger partial charge in [0.25, 0.3) is 0 Å². The molecule has 0 aliphatic carbocycles. The first-order valence-electron chi connectivity index (χ1n) is 2.35. The summed E-state index contributed by atoms with van der Waals surface area (Å²) in [6, 6.07) is 0.826. The van der Waals surface area contributed by atoms with Crippen molar-refractivity contribution in [2.75, 3.05) is 0 Å². The Hall–Kier alpha value is -0.773. The molecule has 0 bridgehead atoms. The summed E-state index contributed by atoms with van der Waals surface area (Å²) in [5.41, 5.74) is 0. The van der Waals surface area contributed by atoms with E-state index in [0.29, 0.717) is 0 Å². The Morgan fingerprint density at radius 3 is 3.00 bits per heavy atom. The highest BCUT2D eigenvalue weighted by atomic mass is 28.2. The van der Waals surface area contributed by atoms with Gasteiger partial charge in [0, 0.05) is 0 Å². The lowest BCUT2D eigenvalue weighted by Crippen LogP contribution is -2.24. The van der Waals surface area contributed by atoms with E-state index in [0.717, 1.165) is 6.04 Å². The maximum Gasteiger partial charge on any atom is 0.396 e. The maximum absolute atomic E-state index is 9.76. The van der Waals surface area contributed by atoms with Crippen LogP contribution in [0.15, 0.2) is 12.7 Å². The molecular formula is C4H9NO2Si. The number of carbonyl (C=O) groups is 1. The Balaban J connectivity index is 2.93. The monoisotopic (exact) mass is 131 g/mol. The number of allylic oxidation sites excluding steroid dienone is 1. The minimum absolute atomic E-state index is 0.604. The Kier molecular flexibility index (Phi) is 3.96. The third-order valence-corrected chi connectivity index (χ3v) is 1.87. The van der Waals surface area contributed by atoms with Crippen LogP contribution in [-0.4, -0.2) is 20.9 Å². The zero-order chi connectivity index (χ0) is 6.41. The van der Waals surface area contributed by atoms with Crippen molar-refractivity contribution in [2.45, 2.75) is 6.04 Å². The summed E-state index contributed by atoms with van der Waals surface area (Å²) in [7, 11) is -0.604. The molecule has 0 saturated carbocycles. The first kappa shape index (κ1) is 7.23. The largest absolute Gasteiger partial charge is 0.466 e. The predicted octanol–water partition coefficient (Wildman–Crippen LogP) is -0.0579. The molecular weight excluding hydrogens is 122 g/mol. The zero-order valence-electron chi connectivity index (χ0n) is 4.55. The second kappa shape index (κ2) is 4.39. The average Bonchev–Trinajstić information content (AvgIpc) is 1.66. The number of rotatable bonds is 3. The molecule has 46 valence electrons. The topological polar surface area (TPSA) is 49.3 Å². The molecule has 0 atom stereocenters. The summed E-state index contributed by atoms with van der Waals surface area (Å²) >= 11 is 0. The Bertz CT molecular complexity index is 94.0. The lowest BCUT2D eigenvalue weighted by Gasteiger charge is -1.91. The van der Waals surface area contributed by atoms with Crippen LogP contribution in [0.2, 0.25) is 6.04 Å². The number of hydrogen-bond donors (Lipinski definition) is 2. The van der Waals surface area contributed by atoms with Crippen molar-refractivity contribution in [2.24, 2.45) is 0 Å². The van der Waals surface area contributed by atoms with E-state index >= 15 is 0 Å². The van der Waals surface area contributed by atoms with E-state index < -0.39 is 15.8 Å². The van der Waals surface area contributed by atoms with E-state index in [9.17, 15) is 4.79 Å². The van der Waals surface area contributed by atoms with Gasteiger partial charge in [0.15, 0.2) is 0 Å². The van der Waals surface area contributed by atoms with Crippen LogP contribution in [0.25, 0.3) is 0 Å². The molecule has 0 aromatic heterocycles. The third kappa shape index (κ3) is 5.23. The van der Waals surface area contributed by atoms with Gasteiger partial charge >= 0.3 is 6.09 Å². The quantitative estimate of drug-likeness (QED) is 0.320. The smallest absolute Gasteiger partial charge is 0.396 e. The summed E-state index contributed by atoms with van der Waals surface area (Å²) in [6.07, 6.45) is 0.806. The van der Waals surface area contributed by atoms with Gasteiger partial charge in [0.1, 0.15) is 9.68 Å². The summed E-state index contributed by atoms with van der Waals surface area (Å²) in [5.74, 6) is 0. The molecule has 0 aromatic carbocycles. The van der Waals surface area contributed by atoms with E-state index in [1.54, 1.807) is 6.08 Å². The van der Waals surface area contributed by atoms with Crippen molar-refractivity contribution in [3.63, 3.8) is 0 Å². The summed E-state index contributed by atoms with van der Waals surface area (Å²) in [5, 5.41) is 8.03. The second-order valence-electron chi connectivity index (χ2n) is 1.31. The van der Waals surface area contributed by atoms with Crippen molar-refractivity contribution < 1.29 is 9.90 Å². The van der Waals surface area contributed by atoms with Gasteiger partial charge in [-0.25, -0.2) is 4.79 Å². The number of nitrogens with one attached hydrogen (secondary N) is 1. The van der Waals surface area contributed by atoms with Crippen molar-refractivity contribution in [3.8, 4) is 0 Å². The Morgan fingerprint density at radius 1 is 2.00 bits per heavy atom. The number of carboxylic acid groups (broad SMARTS) is 1. The Labute approximate surface area is 50.3 Å². The van der Waals surface area contributed by atoms with E-state index in [1.165, 1.54) is 0 Å². The fourth-order valence-electron chi connectivity index (χ4n) is 0.281. The van der Waals surface area contributed by atoms with Crippen molar-refractivity contribution >= 4 is 15.8 Å². The van der Waals surface area contributed by atoms with Crippen LogP contribution in [0.1, 0.15) is 0 Å². The van der Waals surface area contributed by atoms with E-state index in [-0.39, 0.29) is 0 Å². The Morgan fingerprint density at radius 2 is 2.62 bits per heavy atom. The van der Waals surface area contributed by atoms with Gasteiger partial charge in [-0.15, -0.1) is 6.58 Å². The van der Waals surface area contributed by atoms with Crippen LogP contribution >= 0.6 is 0 Å². The molecule has 0 rings (SSSR count). The number of hydrogen-bond acceptors (Lipinski definition) is 1. The molecule has 3 nitrogen and oxygen atoms in total. The van der Waals surface area contributed by atoms with Gasteiger partial charge in [-0.2, -0.15) is 0 Å². The minimum atomic E-state index is -0.918. The van der Waals surface area contributed by atoms with Gasteiger partial charge in [0.05, 0.1) is 0 Å². The molecule has 0 heterocycles. The zero-order valence-corrected chi connectivity index (χ0v) is 5.97. The molecule has 8 heavy (non-hydrogen) atoms. The molecule has 2 N–H and O–H groups in total. The fraction of sp³-hybridized carbons (Fsp3) is 0.250. The van der Waals surface area contributed by atoms with E-state index in [4.69, 9.17) is 5.11 Å². The molecule has 0 radical (unpaired) electrons. The van der Waals surface area contributed by atoms with E-state index in [1.807, 2.05) is 0 Å². The molecule has 1 amide bonds. The molecule has 0 unspecified atom stereocenters. The van der Waals surface area contributed by atoms with Crippen LogP contribution in [0.4, 0.5) is 4.79 Å². The fourth-order valence-corrected chi connectivity index (χ4v) is 0.843. The lowest BCUT2D eigenvalue weighted by atomic mass is 10.8. The molecule has 0 saturated heterocycles. The molecule has 0 spiro atoms. The summed E-state index contributed by atoms with van der Waals surface area (Å²) in [4.78, 5) is 12.1. The van der Waals surface area contributed by atoms with Crippen LogP contribution in [0, 0.1) is 0 Å². The first-order chi connectivity index (χ1) is 3.77. The van der Waals surface area contributed by atoms with Crippen LogP contribution < -0.4 is 4.98 Å². The molecule has 0 aliphatic rings. The van der Waals surface area contributed by atoms with Gasteiger partial charge in [-0.05, 0) is 6.04 Å². The lowest BCUT2D eigenvalue weighted by molar-refractivity contribution is 0.201. The normalized spacial score (nSPS) is 9.50. The van der Waals surface area contributed by atoms with Crippen molar-refractivity contribution in [3.05, 3.63) is 12.7 Å². The van der Waals surface area contributed by atoms with Gasteiger partial charge in [-0.1, -0.05) is 6.08 Å². The van der Waals surface area contributed by atoms with Crippen molar-refractivity contribution in [1.29, 1.82) is 0 Å².